The molecule has 0 amide bonds. The molecule has 0 aromatic heterocycles. The van der Waals surface area contributed by atoms with Gasteiger partial charge in [-0.05, 0) is 24.3 Å². The fourth-order valence-electron chi connectivity index (χ4n) is 1.69. The molecule has 0 spiro atoms. The van der Waals surface area contributed by atoms with Gasteiger partial charge in [0.2, 0.25) is 0 Å². The molecule has 116 valence electrons. The summed E-state index contributed by atoms with van der Waals surface area (Å²) in [6.07, 6.45) is 0. The molecule has 0 aliphatic carbocycles. The molecule has 0 unspecified atom stereocenters. The average molecular weight is 363 g/mol. The highest BCUT2D eigenvalue weighted by Gasteiger charge is 2.22. The Morgan fingerprint density at radius 1 is 1.18 bits per heavy atom. The van der Waals surface area contributed by atoms with Gasteiger partial charge in [-0.2, -0.15) is 0 Å². The Hall–Kier alpha value is -1.83. The van der Waals surface area contributed by atoms with Gasteiger partial charge in [0.05, 0.1) is 16.7 Å². The third-order valence-corrected chi connectivity index (χ3v) is 4.54. The molecule has 0 bridgehead atoms. The number of carboxylic acids is 1. The van der Waals surface area contributed by atoms with Crippen LogP contribution in [0.5, 0.6) is 0 Å². The number of carbonyl (C=O) groups excluding carboxylic acids is 1. The molecule has 0 radical (unpaired) electrons. The quantitative estimate of drug-likeness (QED) is 0.903. The van der Waals surface area contributed by atoms with Gasteiger partial charge in [0.25, 0.3) is 10.0 Å². The van der Waals surface area contributed by atoms with Gasteiger partial charge in [-0.1, -0.05) is 35.3 Å². The molecule has 0 aliphatic rings. The number of aromatic carboxylic acids is 1. The minimum atomic E-state index is -4.38. The summed E-state index contributed by atoms with van der Waals surface area (Å²) in [5, 5.41) is 10.8. The van der Waals surface area contributed by atoms with Crippen LogP contribution in [-0.2, 0) is 10.0 Å². The number of anilines is 1. The second-order valence-corrected chi connectivity index (χ2v) is 6.63. The number of sulfonamides is 1. The highest BCUT2D eigenvalue weighted by atomic mass is 35.5. The van der Waals surface area contributed by atoms with Crippen LogP contribution < -0.4 is 9.83 Å². The van der Waals surface area contributed by atoms with Crippen LogP contribution in [0.25, 0.3) is 0 Å². The van der Waals surface area contributed by atoms with Crippen LogP contribution in [0.1, 0.15) is 10.4 Å². The Labute approximate surface area is 135 Å². The second-order valence-electron chi connectivity index (χ2n) is 4.13. The van der Waals surface area contributed by atoms with E-state index >= 15 is 0 Å². The lowest BCUT2D eigenvalue weighted by molar-refractivity contribution is -0.254. The number of nitrogens with one attached hydrogen (secondary N) is 1. The molecule has 0 aliphatic heterocycles. The standard InChI is InChI=1S/C13H8Cl2FNO4S/c14-7-5-8(13(18)19)12(9(15)6-7)17-22(20,21)11-4-2-1-3-10(11)16/h1-6,17H,(H,18,19)/p-1. The van der Waals surface area contributed by atoms with Crippen molar-refractivity contribution in [2.24, 2.45) is 0 Å². The van der Waals surface area contributed by atoms with E-state index in [4.69, 9.17) is 23.2 Å². The van der Waals surface area contributed by atoms with Crippen LogP contribution in [0.4, 0.5) is 10.1 Å². The predicted molar refractivity (Wildman–Crippen MR) is 78.0 cm³/mol. The molecular weight excluding hydrogens is 356 g/mol. The summed E-state index contributed by atoms with van der Waals surface area (Å²) < 4.78 is 39.9. The molecule has 0 saturated heterocycles. The maximum Gasteiger partial charge on any atom is 0.264 e. The topological polar surface area (TPSA) is 86.3 Å². The summed E-state index contributed by atoms with van der Waals surface area (Å²) >= 11 is 11.5. The van der Waals surface area contributed by atoms with Crippen molar-refractivity contribution in [2.45, 2.75) is 4.90 Å². The molecule has 2 aromatic rings. The lowest BCUT2D eigenvalue weighted by Crippen LogP contribution is -2.25. The Morgan fingerprint density at radius 3 is 2.41 bits per heavy atom. The zero-order valence-corrected chi connectivity index (χ0v) is 13.0. The van der Waals surface area contributed by atoms with Crippen molar-refractivity contribution in [1.82, 2.24) is 0 Å². The van der Waals surface area contributed by atoms with E-state index in [1.54, 1.807) is 0 Å². The average Bonchev–Trinajstić information content (AvgIpc) is 2.41. The number of rotatable bonds is 4. The van der Waals surface area contributed by atoms with Crippen molar-refractivity contribution < 1.29 is 22.7 Å². The monoisotopic (exact) mass is 362 g/mol. The van der Waals surface area contributed by atoms with E-state index < -0.39 is 38.0 Å². The van der Waals surface area contributed by atoms with Crippen LogP contribution in [0.3, 0.4) is 0 Å². The first kappa shape index (κ1) is 16.5. The van der Waals surface area contributed by atoms with Gasteiger partial charge in [-0.15, -0.1) is 0 Å². The molecule has 5 nitrogen and oxygen atoms in total. The zero-order valence-electron chi connectivity index (χ0n) is 10.6. The minimum absolute atomic E-state index is 0.0157. The first-order chi connectivity index (χ1) is 10.2. The smallest absolute Gasteiger partial charge is 0.264 e. The summed E-state index contributed by atoms with van der Waals surface area (Å²) in [5.74, 6) is -2.68. The zero-order chi connectivity index (χ0) is 16.5. The van der Waals surface area contributed by atoms with Crippen LogP contribution >= 0.6 is 23.2 Å². The van der Waals surface area contributed by atoms with Crippen LogP contribution in [0.2, 0.25) is 10.0 Å². The van der Waals surface area contributed by atoms with Gasteiger partial charge in [-0.25, -0.2) is 12.8 Å². The number of hydrogen-bond donors (Lipinski definition) is 1. The second kappa shape index (κ2) is 6.12. The molecule has 2 rings (SSSR count). The van der Waals surface area contributed by atoms with Gasteiger partial charge in [0.1, 0.15) is 10.7 Å². The fraction of sp³-hybridized carbons (Fsp3) is 0. The third-order valence-electron chi connectivity index (χ3n) is 2.64. The Kier molecular flexibility index (Phi) is 4.60. The number of carboxylic acid groups (broad SMARTS) is 1. The van der Waals surface area contributed by atoms with Crippen molar-refractivity contribution in [2.75, 3.05) is 4.72 Å². The van der Waals surface area contributed by atoms with Gasteiger partial charge < -0.3 is 9.90 Å². The predicted octanol–water partition coefficient (Wildman–Crippen LogP) is 2.30. The number of hydrogen-bond acceptors (Lipinski definition) is 4. The summed E-state index contributed by atoms with van der Waals surface area (Å²) in [6, 6.07) is 6.74. The van der Waals surface area contributed by atoms with E-state index in [-0.39, 0.29) is 10.0 Å². The first-order valence-corrected chi connectivity index (χ1v) is 7.94. The van der Waals surface area contributed by atoms with Crippen molar-refractivity contribution in [3.63, 3.8) is 0 Å². The summed E-state index contributed by atoms with van der Waals surface area (Å²) in [5.41, 5.74) is -1.01. The highest BCUT2D eigenvalue weighted by Crippen LogP contribution is 2.32. The lowest BCUT2D eigenvalue weighted by Gasteiger charge is -2.15. The van der Waals surface area contributed by atoms with E-state index in [1.807, 2.05) is 4.72 Å². The molecule has 0 saturated carbocycles. The molecule has 0 heterocycles. The largest absolute Gasteiger partial charge is 0.545 e. The maximum atomic E-state index is 13.6. The molecule has 9 heteroatoms. The molecule has 1 N–H and O–H groups in total. The third kappa shape index (κ3) is 3.32. The van der Waals surface area contributed by atoms with Gasteiger partial charge in [0.15, 0.2) is 0 Å². The SMILES string of the molecule is O=C([O-])c1cc(Cl)cc(Cl)c1NS(=O)(=O)c1ccccc1F. The fourth-order valence-corrected chi connectivity index (χ4v) is 3.47. The normalized spacial score (nSPS) is 11.2. The van der Waals surface area contributed by atoms with E-state index in [0.29, 0.717) is 0 Å². The van der Waals surface area contributed by atoms with Crippen LogP contribution in [-0.4, -0.2) is 14.4 Å². The highest BCUT2D eigenvalue weighted by molar-refractivity contribution is 7.92. The molecule has 2 aromatic carbocycles. The number of carbonyl (C=O) groups is 1. The molecule has 0 atom stereocenters. The summed E-state index contributed by atoms with van der Waals surface area (Å²) in [7, 11) is -4.38. The van der Waals surface area contributed by atoms with Crippen LogP contribution in [0, 0.1) is 5.82 Å². The summed E-state index contributed by atoms with van der Waals surface area (Å²) in [6.45, 7) is 0. The van der Waals surface area contributed by atoms with Crippen molar-refractivity contribution in [1.29, 1.82) is 0 Å². The van der Waals surface area contributed by atoms with Crippen molar-refractivity contribution >= 4 is 44.9 Å². The Morgan fingerprint density at radius 2 is 1.82 bits per heavy atom. The van der Waals surface area contributed by atoms with E-state index in [0.717, 1.165) is 24.3 Å². The van der Waals surface area contributed by atoms with Crippen LogP contribution in [0.15, 0.2) is 41.3 Å². The Bertz CT molecular complexity index is 855. The molecular formula is C13H7Cl2FNO4S-. The van der Waals surface area contributed by atoms with Gasteiger partial charge >= 0.3 is 0 Å². The minimum Gasteiger partial charge on any atom is -0.545 e. The van der Waals surface area contributed by atoms with E-state index in [9.17, 15) is 22.7 Å². The molecule has 0 fully saturated rings. The summed E-state index contributed by atoms with van der Waals surface area (Å²) in [4.78, 5) is 10.4. The van der Waals surface area contributed by atoms with Crippen molar-refractivity contribution in [3.05, 3.63) is 57.8 Å². The first-order valence-electron chi connectivity index (χ1n) is 5.70. The van der Waals surface area contributed by atoms with Gasteiger partial charge in [0, 0.05) is 10.6 Å². The van der Waals surface area contributed by atoms with Gasteiger partial charge in [-0.3, -0.25) is 4.72 Å². The Balaban J connectivity index is 2.56. The number of benzene rings is 2. The van der Waals surface area contributed by atoms with E-state index in [2.05, 4.69) is 0 Å². The van der Waals surface area contributed by atoms with E-state index in [1.165, 1.54) is 12.1 Å². The number of halogens is 3. The lowest BCUT2D eigenvalue weighted by atomic mass is 10.2. The van der Waals surface area contributed by atoms with Crippen molar-refractivity contribution in [3.8, 4) is 0 Å². The molecule has 22 heavy (non-hydrogen) atoms. The maximum absolute atomic E-state index is 13.6.